The van der Waals surface area contributed by atoms with E-state index in [9.17, 15) is 15.2 Å². The van der Waals surface area contributed by atoms with Crippen LogP contribution in [0.4, 0.5) is 11.9 Å². The number of nitrogens with zero attached hydrogens (tertiary/aromatic N) is 6. The van der Waals surface area contributed by atoms with Crippen LogP contribution in [0.3, 0.4) is 0 Å². The molecule has 8 nitrogen and oxygen atoms in total. The fourth-order valence-electron chi connectivity index (χ4n) is 3.24. The van der Waals surface area contributed by atoms with Gasteiger partial charge >= 0.3 is 5.97 Å². The van der Waals surface area contributed by atoms with Crippen molar-refractivity contribution in [3.05, 3.63) is 5.82 Å². The van der Waals surface area contributed by atoms with E-state index in [1.807, 2.05) is 6.07 Å². The van der Waals surface area contributed by atoms with Gasteiger partial charge < -0.3 is 14.9 Å². The van der Waals surface area contributed by atoms with E-state index in [0.717, 1.165) is 51.9 Å². The maximum atomic E-state index is 11.7. The Bertz CT molecular complexity index is 640. The van der Waals surface area contributed by atoms with Gasteiger partial charge in [0.15, 0.2) is 5.82 Å². The molecule has 1 atom stereocenters. The summed E-state index contributed by atoms with van der Waals surface area (Å²) >= 11 is 0. The summed E-state index contributed by atoms with van der Waals surface area (Å²) in [6, 6.07) is 1.87. The smallest absolute Gasteiger partial charge is 0.331 e. The van der Waals surface area contributed by atoms with Crippen LogP contribution in [-0.2, 0) is 10.2 Å². The molecule has 2 aliphatic rings. The largest absolute Gasteiger partial charge is 0.480 e. The van der Waals surface area contributed by atoms with E-state index >= 15 is 0 Å². The number of rotatable bonds is 4. The molecule has 0 aliphatic carbocycles. The molecular weight excluding hydrogens is 320 g/mol. The standard InChI is InChI=1S/C17H24N6O2/c1-17(12-18,14(24)25)13-19-15(22-8-4-2-5-9-22)21-16(20-13)23-10-6-3-7-11-23/h2-11H2,1H3,(H,24,25). The van der Waals surface area contributed by atoms with Gasteiger partial charge in [-0.25, -0.2) is 0 Å². The molecule has 0 radical (unpaired) electrons. The summed E-state index contributed by atoms with van der Waals surface area (Å²) in [6.07, 6.45) is 6.61. The molecule has 25 heavy (non-hydrogen) atoms. The Kier molecular flexibility index (Phi) is 5.02. The highest BCUT2D eigenvalue weighted by Gasteiger charge is 2.40. The van der Waals surface area contributed by atoms with Gasteiger partial charge in [-0.05, 0) is 45.4 Å². The van der Waals surface area contributed by atoms with Crippen molar-refractivity contribution in [3.63, 3.8) is 0 Å². The van der Waals surface area contributed by atoms with Crippen molar-refractivity contribution in [2.75, 3.05) is 36.0 Å². The molecule has 8 heteroatoms. The summed E-state index contributed by atoms with van der Waals surface area (Å²) in [5.74, 6) is -0.227. The fraction of sp³-hybridized carbons (Fsp3) is 0.706. The first-order valence-corrected chi connectivity index (χ1v) is 8.96. The number of hydrogen-bond acceptors (Lipinski definition) is 7. The summed E-state index contributed by atoms with van der Waals surface area (Å²) in [6.45, 7) is 4.74. The molecule has 3 heterocycles. The summed E-state index contributed by atoms with van der Waals surface area (Å²) in [4.78, 5) is 29.2. The van der Waals surface area contributed by atoms with Gasteiger partial charge in [-0.1, -0.05) is 0 Å². The van der Waals surface area contributed by atoms with E-state index in [1.54, 1.807) is 0 Å². The molecule has 0 aromatic carbocycles. The molecular formula is C17H24N6O2. The SMILES string of the molecule is CC(C#N)(C(=O)O)c1nc(N2CCCCC2)nc(N2CCCCC2)n1. The molecule has 0 amide bonds. The molecule has 2 fully saturated rings. The number of aliphatic carboxylic acids is 1. The van der Waals surface area contributed by atoms with E-state index in [1.165, 1.54) is 19.8 Å². The number of hydrogen-bond donors (Lipinski definition) is 1. The van der Waals surface area contributed by atoms with Crippen molar-refractivity contribution >= 4 is 17.9 Å². The second-order valence-electron chi connectivity index (χ2n) is 6.90. The first-order valence-electron chi connectivity index (χ1n) is 8.96. The van der Waals surface area contributed by atoms with E-state index in [2.05, 4.69) is 24.8 Å². The zero-order valence-electron chi connectivity index (χ0n) is 14.6. The molecule has 1 unspecified atom stereocenters. The van der Waals surface area contributed by atoms with Gasteiger partial charge in [0.25, 0.3) is 0 Å². The highest BCUT2D eigenvalue weighted by atomic mass is 16.4. The van der Waals surface area contributed by atoms with Crippen molar-refractivity contribution in [1.29, 1.82) is 5.26 Å². The van der Waals surface area contributed by atoms with E-state index in [0.29, 0.717) is 11.9 Å². The lowest BCUT2D eigenvalue weighted by molar-refractivity contribution is -0.141. The molecule has 0 bridgehead atoms. The minimum Gasteiger partial charge on any atom is -0.480 e. The predicted octanol–water partition coefficient (Wildman–Crippen LogP) is 1.72. The highest BCUT2D eigenvalue weighted by Crippen LogP contribution is 2.26. The molecule has 3 rings (SSSR count). The fourth-order valence-corrected chi connectivity index (χ4v) is 3.24. The van der Waals surface area contributed by atoms with Gasteiger partial charge in [0, 0.05) is 26.2 Å². The molecule has 0 spiro atoms. The van der Waals surface area contributed by atoms with E-state index in [4.69, 9.17) is 0 Å². The van der Waals surface area contributed by atoms with E-state index < -0.39 is 11.4 Å². The zero-order valence-corrected chi connectivity index (χ0v) is 14.6. The van der Waals surface area contributed by atoms with E-state index in [-0.39, 0.29) is 5.82 Å². The van der Waals surface area contributed by atoms with Gasteiger partial charge in [0.05, 0.1) is 6.07 Å². The number of carboxylic acid groups (broad SMARTS) is 1. The molecule has 0 saturated carbocycles. The summed E-state index contributed by atoms with van der Waals surface area (Å²) in [5.41, 5.74) is -1.78. The maximum absolute atomic E-state index is 11.7. The van der Waals surface area contributed by atoms with Crippen LogP contribution in [0.15, 0.2) is 0 Å². The first kappa shape index (κ1) is 17.4. The average Bonchev–Trinajstić information content (AvgIpc) is 2.68. The van der Waals surface area contributed by atoms with Gasteiger partial charge in [0.1, 0.15) is 0 Å². The van der Waals surface area contributed by atoms with Crippen LogP contribution < -0.4 is 9.80 Å². The van der Waals surface area contributed by atoms with Crippen LogP contribution in [-0.4, -0.2) is 52.2 Å². The number of piperidine rings is 2. The lowest BCUT2D eigenvalue weighted by Gasteiger charge is -2.31. The van der Waals surface area contributed by atoms with Crippen molar-refractivity contribution < 1.29 is 9.90 Å². The normalized spacial score (nSPS) is 20.6. The maximum Gasteiger partial charge on any atom is 0.331 e. The zero-order chi connectivity index (χ0) is 17.9. The van der Waals surface area contributed by atoms with Crippen LogP contribution in [0.1, 0.15) is 51.3 Å². The Morgan fingerprint density at radius 1 is 0.960 bits per heavy atom. The second-order valence-corrected chi connectivity index (χ2v) is 6.90. The Morgan fingerprint density at radius 2 is 1.40 bits per heavy atom. The molecule has 2 saturated heterocycles. The predicted molar refractivity (Wildman–Crippen MR) is 92.6 cm³/mol. The summed E-state index contributed by atoms with van der Waals surface area (Å²) < 4.78 is 0. The third-order valence-corrected chi connectivity index (χ3v) is 4.99. The van der Waals surface area contributed by atoms with Gasteiger partial charge in [-0.3, -0.25) is 4.79 Å². The lowest BCUT2D eigenvalue weighted by Crippen LogP contribution is -2.38. The van der Waals surface area contributed by atoms with Crippen LogP contribution in [0.2, 0.25) is 0 Å². The van der Waals surface area contributed by atoms with Crippen LogP contribution in [0.25, 0.3) is 0 Å². The topological polar surface area (TPSA) is 106 Å². The molecule has 1 aromatic rings. The number of aromatic nitrogens is 3. The number of anilines is 2. The third kappa shape index (κ3) is 3.50. The quantitative estimate of drug-likeness (QED) is 0.880. The van der Waals surface area contributed by atoms with Gasteiger partial charge in [-0.2, -0.15) is 20.2 Å². The van der Waals surface area contributed by atoms with Gasteiger partial charge in [0.2, 0.25) is 17.3 Å². The third-order valence-electron chi connectivity index (χ3n) is 4.99. The van der Waals surface area contributed by atoms with Crippen LogP contribution in [0, 0.1) is 11.3 Å². The Morgan fingerprint density at radius 3 is 1.76 bits per heavy atom. The summed E-state index contributed by atoms with van der Waals surface area (Å²) in [5, 5.41) is 19.0. The van der Waals surface area contributed by atoms with Crippen LogP contribution in [0.5, 0.6) is 0 Å². The number of nitriles is 1. The lowest BCUT2D eigenvalue weighted by atomic mass is 9.92. The van der Waals surface area contributed by atoms with Crippen molar-refractivity contribution in [2.24, 2.45) is 0 Å². The molecule has 1 aromatic heterocycles. The van der Waals surface area contributed by atoms with Crippen LogP contribution >= 0.6 is 0 Å². The summed E-state index contributed by atoms with van der Waals surface area (Å²) in [7, 11) is 0. The number of carbonyl (C=O) groups is 1. The average molecular weight is 344 g/mol. The molecule has 1 N–H and O–H groups in total. The number of carboxylic acids is 1. The molecule has 2 aliphatic heterocycles. The Labute approximate surface area is 147 Å². The van der Waals surface area contributed by atoms with Gasteiger partial charge in [-0.15, -0.1) is 0 Å². The second kappa shape index (κ2) is 7.21. The van der Waals surface area contributed by atoms with Crippen molar-refractivity contribution in [2.45, 2.75) is 50.9 Å². The first-order chi connectivity index (χ1) is 12.0. The van der Waals surface area contributed by atoms with Crippen molar-refractivity contribution in [1.82, 2.24) is 15.0 Å². The molecule has 134 valence electrons. The van der Waals surface area contributed by atoms with Crippen molar-refractivity contribution in [3.8, 4) is 6.07 Å². The Balaban J connectivity index is 2.04. The minimum absolute atomic E-state index is 0.0265. The highest BCUT2D eigenvalue weighted by molar-refractivity contribution is 5.83. The Hall–Kier alpha value is -2.43. The minimum atomic E-state index is -1.78. The monoisotopic (exact) mass is 344 g/mol.